The number of halogens is 4. The number of ether oxygens (including phenoxy) is 1. The molecule has 10 heavy (non-hydrogen) atoms. The van der Waals surface area contributed by atoms with Crippen molar-refractivity contribution in [2.45, 2.75) is 8.62 Å². The number of carbonyl (C=O) groups excluding carboxylic acids is 1. The molecule has 0 heterocycles. The molecule has 0 spiro atoms. The van der Waals surface area contributed by atoms with Crippen molar-refractivity contribution in [1.82, 2.24) is 0 Å². The number of methoxy groups -OCH3 is 1. The van der Waals surface area contributed by atoms with Gasteiger partial charge in [0.2, 0.25) is 3.79 Å². The predicted molar refractivity (Wildman–Crippen MR) is 45.0 cm³/mol. The van der Waals surface area contributed by atoms with Gasteiger partial charge in [-0.3, -0.25) is 4.79 Å². The minimum absolute atomic E-state index is 0.611. The molecule has 0 amide bonds. The van der Waals surface area contributed by atoms with Crippen molar-refractivity contribution in [3.63, 3.8) is 0 Å². The summed E-state index contributed by atoms with van der Waals surface area (Å²) in [5, 5.41) is 0. The largest absolute Gasteiger partial charge is 0.468 e. The minimum atomic E-state index is -1.66. The summed E-state index contributed by atoms with van der Waals surface area (Å²) >= 11 is 18.9. The molecule has 0 bridgehead atoms. The second-order valence-corrected chi connectivity index (χ2v) is 4.71. The molecule has 0 radical (unpaired) electrons. The molecule has 0 aromatic heterocycles. The topological polar surface area (TPSA) is 26.3 Å². The number of hydrogen-bond donors (Lipinski definition) is 0. The molecule has 0 saturated carbocycles. The van der Waals surface area contributed by atoms with Gasteiger partial charge in [-0.2, -0.15) is 0 Å². The Morgan fingerprint density at radius 2 is 2.00 bits per heavy atom. The highest BCUT2D eigenvalue weighted by Gasteiger charge is 2.36. The molecule has 0 aliphatic heterocycles. The monoisotopic (exact) mass is 268 g/mol. The molecule has 0 N–H and O–H groups in total. The molecule has 0 fully saturated rings. The maximum Gasteiger partial charge on any atom is 0.323 e. The summed E-state index contributed by atoms with van der Waals surface area (Å²) in [6.45, 7) is 0. The first-order valence-corrected chi connectivity index (χ1v) is 4.23. The van der Waals surface area contributed by atoms with Crippen LogP contribution in [0.1, 0.15) is 0 Å². The molecule has 2 nitrogen and oxygen atoms in total. The second-order valence-electron chi connectivity index (χ2n) is 1.43. The van der Waals surface area contributed by atoms with Crippen molar-refractivity contribution < 1.29 is 9.53 Å². The molecule has 60 valence electrons. The van der Waals surface area contributed by atoms with E-state index in [0.29, 0.717) is 0 Å². The van der Waals surface area contributed by atoms with Crippen LogP contribution in [0.3, 0.4) is 0 Å². The van der Waals surface area contributed by atoms with E-state index in [1.54, 1.807) is 0 Å². The summed E-state index contributed by atoms with van der Waals surface area (Å²) in [5.74, 6) is -0.611. The Morgan fingerprint density at radius 3 is 2.10 bits per heavy atom. The van der Waals surface area contributed by atoms with E-state index >= 15 is 0 Å². The molecular formula is C4H4BrCl3O2. The molecule has 1 atom stereocenters. The van der Waals surface area contributed by atoms with E-state index in [4.69, 9.17) is 34.8 Å². The molecule has 0 aliphatic carbocycles. The molecule has 0 aliphatic rings. The lowest BCUT2D eigenvalue weighted by Gasteiger charge is -2.14. The average Bonchev–Trinajstić information content (AvgIpc) is 1.83. The van der Waals surface area contributed by atoms with Gasteiger partial charge in [0.1, 0.15) is 0 Å². The first-order chi connectivity index (χ1) is 4.39. The average molecular weight is 270 g/mol. The van der Waals surface area contributed by atoms with Crippen molar-refractivity contribution in [3.05, 3.63) is 0 Å². The van der Waals surface area contributed by atoms with Crippen LogP contribution in [0.15, 0.2) is 0 Å². The van der Waals surface area contributed by atoms with E-state index in [1.807, 2.05) is 0 Å². The van der Waals surface area contributed by atoms with Gasteiger partial charge in [0.25, 0.3) is 0 Å². The van der Waals surface area contributed by atoms with Crippen molar-refractivity contribution in [3.8, 4) is 0 Å². The summed E-state index contributed by atoms with van der Waals surface area (Å²) in [5.41, 5.74) is 0. The zero-order chi connectivity index (χ0) is 8.36. The predicted octanol–water partition coefficient (Wildman–Crippen LogP) is 2.29. The zero-order valence-corrected chi connectivity index (χ0v) is 8.76. The van der Waals surface area contributed by atoms with Crippen LogP contribution in [0, 0.1) is 0 Å². The fourth-order valence-electron chi connectivity index (χ4n) is 0.237. The second kappa shape index (κ2) is 4.00. The maximum atomic E-state index is 10.6. The third-order valence-electron chi connectivity index (χ3n) is 0.696. The molecular weight excluding hydrogens is 266 g/mol. The highest BCUT2D eigenvalue weighted by Crippen LogP contribution is 2.35. The van der Waals surface area contributed by atoms with Gasteiger partial charge in [-0.1, -0.05) is 50.7 Å². The first kappa shape index (κ1) is 10.8. The molecule has 0 aromatic rings. The number of hydrogen-bond acceptors (Lipinski definition) is 2. The van der Waals surface area contributed by atoms with Crippen LogP contribution in [0.25, 0.3) is 0 Å². The third kappa shape index (κ3) is 3.28. The Kier molecular flexibility index (Phi) is 4.33. The SMILES string of the molecule is COC(=O)C(Br)C(Cl)(Cl)Cl. The fourth-order valence-corrected chi connectivity index (χ4v) is 0.691. The molecule has 0 rings (SSSR count). The van der Waals surface area contributed by atoms with E-state index in [-0.39, 0.29) is 0 Å². The molecule has 6 heteroatoms. The smallest absolute Gasteiger partial charge is 0.323 e. The summed E-state index contributed by atoms with van der Waals surface area (Å²) in [7, 11) is 1.22. The highest BCUT2D eigenvalue weighted by molar-refractivity contribution is 9.10. The van der Waals surface area contributed by atoms with Crippen molar-refractivity contribution in [2.75, 3.05) is 7.11 Å². The standard InChI is InChI=1S/C4H4BrCl3O2/c1-10-3(9)2(5)4(6,7)8/h2H,1H3. The van der Waals surface area contributed by atoms with Crippen molar-refractivity contribution >= 4 is 56.7 Å². The van der Waals surface area contributed by atoms with Crippen LogP contribution in [0.2, 0.25) is 0 Å². The van der Waals surface area contributed by atoms with Crippen LogP contribution in [-0.2, 0) is 9.53 Å². The van der Waals surface area contributed by atoms with Gasteiger partial charge in [0.15, 0.2) is 4.83 Å². The Hall–Kier alpha value is 0.820. The van der Waals surface area contributed by atoms with E-state index in [2.05, 4.69) is 20.7 Å². The lowest BCUT2D eigenvalue weighted by Crippen LogP contribution is -2.29. The number of alkyl halides is 4. The third-order valence-corrected chi connectivity index (χ3v) is 3.20. The van der Waals surface area contributed by atoms with E-state index in [0.717, 1.165) is 0 Å². The lowest BCUT2D eigenvalue weighted by atomic mass is 10.5. The number of esters is 1. The summed E-state index contributed by atoms with van der Waals surface area (Å²) in [6.07, 6.45) is 0. The minimum Gasteiger partial charge on any atom is -0.468 e. The van der Waals surface area contributed by atoms with Gasteiger partial charge in [-0.15, -0.1) is 0 Å². The van der Waals surface area contributed by atoms with Crippen molar-refractivity contribution in [2.24, 2.45) is 0 Å². The van der Waals surface area contributed by atoms with E-state index in [9.17, 15) is 4.79 Å². The summed E-state index contributed by atoms with van der Waals surface area (Å²) in [6, 6.07) is 0. The van der Waals surface area contributed by atoms with Crippen LogP contribution in [0.4, 0.5) is 0 Å². The molecule has 0 saturated heterocycles. The summed E-state index contributed by atoms with van der Waals surface area (Å²) < 4.78 is 2.64. The maximum absolute atomic E-state index is 10.6. The van der Waals surface area contributed by atoms with Gasteiger partial charge in [-0.05, 0) is 0 Å². The van der Waals surface area contributed by atoms with Crippen LogP contribution >= 0.6 is 50.7 Å². The number of rotatable bonds is 1. The molecule has 0 aromatic carbocycles. The van der Waals surface area contributed by atoms with Gasteiger partial charge >= 0.3 is 5.97 Å². The first-order valence-electron chi connectivity index (χ1n) is 2.18. The van der Waals surface area contributed by atoms with E-state index < -0.39 is 14.6 Å². The lowest BCUT2D eigenvalue weighted by molar-refractivity contribution is -0.139. The van der Waals surface area contributed by atoms with Crippen LogP contribution in [-0.4, -0.2) is 21.7 Å². The Bertz CT molecular complexity index is 133. The number of carbonyl (C=O) groups is 1. The van der Waals surface area contributed by atoms with Gasteiger partial charge in [0, 0.05) is 0 Å². The van der Waals surface area contributed by atoms with Crippen molar-refractivity contribution in [1.29, 1.82) is 0 Å². The van der Waals surface area contributed by atoms with Crippen LogP contribution in [0.5, 0.6) is 0 Å². The quantitative estimate of drug-likeness (QED) is 0.540. The zero-order valence-electron chi connectivity index (χ0n) is 4.91. The van der Waals surface area contributed by atoms with Gasteiger partial charge < -0.3 is 4.74 Å². The van der Waals surface area contributed by atoms with Gasteiger partial charge in [0.05, 0.1) is 7.11 Å². The van der Waals surface area contributed by atoms with E-state index in [1.165, 1.54) is 7.11 Å². The Morgan fingerprint density at radius 1 is 1.60 bits per heavy atom. The summed E-state index contributed by atoms with van der Waals surface area (Å²) in [4.78, 5) is 9.71. The Balaban J connectivity index is 4.08. The highest BCUT2D eigenvalue weighted by atomic mass is 79.9. The van der Waals surface area contributed by atoms with Crippen LogP contribution < -0.4 is 0 Å². The molecule has 1 unspecified atom stereocenters. The van der Waals surface area contributed by atoms with Gasteiger partial charge in [-0.25, -0.2) is 0 Å². The normalized spacial score (nSPS) is 14.5. The Labute approximate surface area is 81.9 Å². The fraction of sp³-hybridized carbons (Fsp3) is 0.750.